The molecule has 0 aliphatic carbocycles. The number of rotatable bonds is 30. The lowest BCUT2D eigenvalue weighted by atomic mass is 10.0. The first-order valence-corrected chi connectivity index (χ1v) is 21.6. The molecule has 68 heavy (non-hydrogen) atoms. The fourth-order valence-corrected chi connectivity index (χ4v) is 6.85. The van der Waals surface area contributed by atoms with Crippen molar-refractivity contribution < 1.29 is 73.5 Å². The molecule has 24 nitrogen and oxygen atoms in total. The second-order valence-corrected chi connectivity index (χ2v) is 16.0. The molecule has 0 bridgehead atoms. The molecule has 0 radical (unpaired) electrons. The van der Waals surface area contributed by atoms with Crippen molar-refractivity contribution in [3.8, 4) is 0 Å². The van der Waals surface area contributed by atoms with E-state index in [9.17, 15) is 73.5 Å². The second kappa shape index (κ2) is 27.3. The number of fused-ring (bicyclic) bond motifs is 1. The Hall–Kier alpha value is -7.44. The number of nitrogens with two attached hydrogens (primary N) is 2. The van der Waals surface area contributed by atoms with Crippen molar-refractivity contribution in [2.24, 2.45) is 11.5 Å². The third-order valence-corrected chi connectivity index (χ3v) is 10.6. The van der Waals surface area contributed by atoms with Gasteiger partial charge in [0.2, 0.25) is 35.4 Å². The van der Waals surface area contributed by atoms with Gasteiger partial charge in [0.25, 0.3) is 0 Å². The molecule has 1 aromatic heterocycles. The number of amides is 6. The number of benzene rings is 2. The van der Waals surface area contributed by atoms with Gasteiger partial charge in [-0.15, -0.1) is 0 Å². The summed E-state index contributed by atoms with van der Waals surface area (Å²) in [6.07, 6.45) is -3.27. The maximum absolute atomic E-state index is 14.0. The van der Waals surface area contributed by atoms with Crippen molar-refractivity contribution in [3.63, 3.8) is 0 Å². The first-order valence-electron chi connectivity index (χ1n) is 21.6. The zero-order valence-electron chi connectivity index (χ0n) is 37.1. The van der Waals surface area contributed by atoms with Crippen LogP contribution in [0, 0.1) is 0 Å². The quantitative estimate of drug-likeness (QED) is 0.0321. The SMILES string of the molecule is C[C@@H](O)[C@H](N)C(=O)N[C@@H](CCC(=O)O)C(=O)N[C@@H](Cc1ccccc1)C(=O)N[C@@H](CCC(=O)O)C(=O)N[C@@H](CC(=O)O)C(=O)N[C@@H](CCCCN)C(=O)N[C@@H](Cc1c[nH]c2ccccc12)C(=O)O. The zero-order valence-corrected chi connectivity index (χ0v) is 37.1. The van der Waals surface area contributed by atoms with Crippen LogP contribution in [-0.4, -0.2) is 145 Å². The minimum atomic E-state index is -1.96. The predicted molar refractivity (Wildman–Crippen MR) is 240 cm³/mol. The summed E-state index contributed by atoms with van der Waals surface area (Å²) in [4.78, 5) is 132. The van der Waals surface area contributed by atoms with Crippen LogP contribution in [-0.2, 0) is 60.8 Å². The second-order valence-electron chi connectivity index (χ2n) is 16.0. The lowest BCUT2D eigenvalue weighted by Crippen LogP contribution is -2.60. The van der Waals surface area contributed by atoms with E-state index < -0.39 is 140 Å². The highest BCUT2D eigenvalue weighted by Crippen LogP contribution is 2.19. The molecule has 0 saturated carbocycles. The number of aliphatic hydroxyl groups excluding tert-OH is 1. The van der Waals surface area contributed by atoms with Crippen molar-refractivity contribution >= 4 is 70.2 Å². The van der Waals surface area contributed by atoms with Gasteiger partial charge in [0.15, 0.2) is 0 Å². The molecule has 2 aromatic carbocycles. The highest BCUT2D eigenvalue weighted by molar-refractivity contribution is 5.98. The van der Waals surface area contributed by atoms with Gasteiger partial charge in [0, 0.05) is 42.8 Å². The summed E-state index contributed by atoms with van der Waals surface area (Å²) in [5.41, 5.74) is 13.1. The van der Waals surface area contributed by atoms with E-state index in [0.717, 1.165) is 5.52 Å². The number of hydrogen-bond acceptors (Lipinski definition) is 13. The number of nitrogens with one attached hydrogen (secondary N) is 7. The highest BCUT2D eigenvalue weighted by Gasteiger charge is 2.35. The molecule has 6 amide bonds. The van der Waals surface area contributed by atoms with E-state index in [0.29, 0.717) is 22.9 Å². The van der Waals surface area contributed by atoms with Gasteiger partial charge in [-0.05, 0) is 62.8 Å². The number of para-hydroxylation sites is 1. The zero-order chi connectivity index (χ0) is 50.5. The van der Waals surface area contributed by atoms with Gasteiger partial charge in [-0.1, -0.05) is 48.5 Å². The summed E-state index contributed by atoms with van der Waals surface area (Å²) in [7, 11) is 0. The maximum Gasteiger partial charge on any atom is 0.326 e. The smallest absolute Gasteiger partial charge is 0.326 e. The summed E-state index contributed by atoms with van der Waals surface area (Å²) in [5, 5.41) is 63.2. The number of aromatic nitrogens is 1. The summed E-state index contributed by atoms with van der Waals surface area (Å²) < 4.78 is 0. The Balaban J connectivity index is 1.89. The van der Waals surface area contributed by atoms with Gasteiger partial charge >= 0.3 is 23.9 Å². The molecule has 16 N–H and O–H groups in total. The van der Waals surface area contributed by atoms with Gasteiger partial charge in [-0.2, -0.15) is 0 Å². The maximum atomic E-state index is 14.0. The van der Waals surface area contributed by atoms with Crippen molar-refractivity contribution in [1.29, 1.82) is 0 Å². The molecule has 0 fully saturated rings. The molecule has 0 saturated heterocycles. The third-order valence-electron chi connectivity index (χ3n) is 10.6. The Morgan fingerprint density at radius 3 is 1.56 bits per heavy atom. The number of aliphatic hydroxyl groups is 1. The topological polar surface area (TPSA) is 412 Å². The molecule has 8 atom stereocenters. The lowest BCUT2D eigenvalue weighted by molar-refractivity contribution is -0.143. The van der Waals surface area contributed by atoms with E-state index in [4.69, 9.17) is 11.5 Å². The van der Waals surface area contributed by atoms with Crippen LogP contribution in [0.25, 0.3) is 10.9 Å². The fraction of sp³-hybridized carbons (Fsp3) is 0.455. The fourth-order valence-electron chi connectivity index (χ4n) is 6.85. The number of hydrogen-bond donors (Lipinski definition) is 14. The van der Waals surface area contributed by atoms with Gasteiger partial charge < -0.3 is 73.9 Å². The van der Waals surface area contributed by atoms with Gasteiger partial charge in [0.1, 0.15) is 42.3 Å². The molecule has 1 heterocycles. The molecular formula is C44H59N9O15. The van der Waals surface area contributed by atoms with E-state index in [-0.39, 0.29) is 32.2 Å². The van der Waals surface area contributed by atoms with Crippen LogP contribution in [0.1, 0.15) is 69.4 Å². The van der Waals surface area contributed by atoms with Crippen molar-refractivity contribution in [3.05, 3.63) is 71.9 Å². The van der Waals surface area contributed by atoms with E-state index in [1.165, 1.54) is 6.92 Å². The Labute approximate surface area is 389 Å². The minimum Gasteiger partial charge on any atom is -0.481 e. The molecule has 0 aliphatic rings. The highest BCUT2D eigenvalue weighted by atomic mass is 16.4. The van der Waals surface area contributed by atoms with Crippen LogP contribution in [0.2, 0.25) is 0 Å². The Bertz CT molecular complexity index is 2250. The molecular weight excluding hydrogens is 895 g/mol. The number of unbranched alkanes of at least 4 members (excludes halogenated alkanes) is 1. The number of H-pyrrole nitrogens is 1. The minimum absolute atomic E-state index is 0.0953. The molecule has 3 rings (SSSR count). The number of aromatic amines is 1. The largest absolute Gasteiger partial charge is 0.481 e. The van der Waals surface area contributed by atoms with Gasteiger partial charge in [-0.25, -0.2) is 4.79 Å². The van der Waals surface area contributed by atoms with Crippen molar-refractivity contribution in [1.82, 2.24) is 36.9 Å². The van der Waals surface area contributed by atoms with Gasteiger partial charge in [-0.3, -0.25) is 43.2 Å². The standard InChI is InChI=1S/C44H59N9O15/c1-23(54)37(46)43(66)50-30(15-17-35(57)58)40(63)51-31(19-24-9-3-2-4-10-24)41(64)49-29(14-16-34(55)56)39(62)52-32(21-36(59)60)42(65)48-28(13-7-8-18-45)38(61)53-33(44(67)68)20-25-22-47-27-12-6-5-11-26(25)27/h2-6,9-12,22-23,28-33,37,47,54H,7-8,13-21,45-46H2,1H3,(H,48,65)(H,49,64)(H,50,66)(H,51,63)(H,52,62)(H,53,61)(H,55,56)(H,57,58)(H,59,60)(H,67,68)/t23-,28+,29+,30+,31+,32+,33+,37+/m1/s1. The number of aliphatic carboxylic acids is 4. The summed E-state index contributed by atoms with van der Waals surface area (Å²) in [5.74, 6) is -12.4. The third kappa shape index (κ3) is 18.1. The average Bonchev–Trinajstić information content (AvgIpc) is 3.69. The summed E-state index contributed by atoms with van der Waals surface area (Å²) in [6.45, 7) is 1.40. The summed E-state index contributed by atoms with van der Waals surface area (Å²) in [6, 6.07) is 3.66. The summed E-state index contributed by atoms with van der Waals surface area (Å²) >= 11 is 0. The Morgan fingerprint density at radius 1 is 0.559 bits per heavy atom. The van der Waals surface area contributed by atoms with Crippen molar-refractivity contribution in [2.45, 2.75) is 120 Å². The number of carbonyl (C=O) groups is 10. The molecule has 0 spiro atoms. The predicted octanol–water partition coefficient (Wildman–Crippen LogP) is -2.01. The molecule has 0 aliphatic heterocycles. The molecule has 0 unspecified atom stereocenters. The monoisotopic (exact) mass is 953 g/mol. The molecule has 24 heteroatoms. The van der Waals surface area contributed by atoms with E-state index in [1.807, 2.05) is 0 Å². The van der Waals surface area contributed by atoms with Crippen LogP contribution in [0.15, 0.2) is 60.8 Å². The van der Waals surface area contributed by atoms with Crippen LogP contribution < -0.4 is 43.4 Å². The molecule has 370 valence electrons. The first kappa shape index (κ1) is 54.9. The lowest BCUT2D eigenvalue weighted by Gasteiger charge is -2.27. The molecule has 3 aromatic rings. The van der Waals surface area contributed by atoms with E-state index in [1.54, 1.807) is 60.8 Å². The van der Waals surface area contributed by atoms with Crippen molar-refractivity contribution in [2.75, 3.05) is 6.54 Å². The van der Waals surface area contributed by atoms with Crippen LogP contribution >= 0.6 is 0 Å². The van der Waals surface area contributed by atoms with Crippen LogP contribution in [0.4, 0.5) is 0 Å². The normalized spacial score (nSPS) is 14.6. The Kier molecular flexibility index (Phi) is 22.0. The van der Waals surface area contributed by atoms with Crippen LogP contribution in [0.5, 0.6) is 0 Å². The number of carboxylic acids is 4. The van der Waals surface area contributed by atoms with Crippen LogP contribution in [0.3, 0.4) is 0 Å². The number of carbonyl (C=O) groups excluding carboxylic acids is 6. The van der Waals surface area contributed by atoms with E-state index in [2.05, 4.69) is 36.9 Å². The average molecular weight is 954 g/mol. The van der Waals surface area contributed by atoms with E-state index >= 15 is 0 Å². The Morgan fingerprint density at radius 2 is 1.03 bits per heavy atom. The first-order chi connectivity index (χ1) is 32.2. The van der Waals surface area contributed by atoms with Gasteiger partial charge in [0.05, 0.1) is 12.5 Å². The number of carboxylic acid groups (broad SMARTS) is 4.